The van der Waals surface area contributed by atoms with Gasteiger partial charge in [-0.3, -0.25) is 4.90 Å². The van der Waals surface area contributed by atoms with Crippen LogP contribution in [0.15, 0.2) is 41.9 Å². The molecule has 9 heteroatoms. The van der Waals surface area contributed by atoms with Crippen LogP contribution in [0.3, 0.4) is 0 Å². The third-order valence-electron chi connectivity index (χ3n) is 5.21. The summed E-state index contributed by atoms with van der Waals surface area (Å²) in [6.07, 6.45) is 10.9. The zero-order valence-electron chi connectivity index (χ0n) is 17.6. The monoisotopic (exact) mass is 432 g/mol. The van der Waals surface area contributed by atoms with Gasteiger partial charge in [-0.1, -0.05) is 18.2 Å². The van der Waals surface area contributed by atoms with E-state index < -0.39 is 0 Å². The first-order chi connectivity index (χ1) is 15.1. The van der Waals surface area contributed by atoms with E-state index in [1.165, 1.54) is 12.8 Å². The van der Waals surface area contributed by atoms with E-state index in [1.54, 1.807) is 24.0 Å². The molecule has 1 aliphatic rings. The average molecular weight is 433 g/mol. The van der Waals surface area contributed by atoms with Crippen LogP contribution in [0.2, 0.25) is 0 Å². The topological polar surface area (TPSA) is 104 Å². The molecule has 1 fully saturated rings. The van der Waals surface area contributed by atoms with Gasteiger partial charge in [0.2, 0.25) is 0 Å². The molecular weight excluding hydrogens is 408 g/mol. The number of thioether (sulfide) groups is 1. The molecule has 0 radical (unpaired) electrons. The molecule has 158 valence electrons. The Morgan fingerprint density at radius 3 is 2.71 bits per heavy atom. The zero-order chi connectivity index (χ0) is 21.6. The fraction of sp³-hybridized carbons (Fsp3) is 0.364. The predicted molar refractivity (Wildman–Crippen MR) is 120 cm³/mol. The van der Waals surface area contributed by atoms with Crippen LogP contribution in [0.5, 0.6) is 0 Å². The number of aryl methyl sites for hydroxylation is 1. The Balaban J connectivity index is 1.54. The first kappa shape index (κ1) is 21.2. The lowest BCUT2D eigenvalue weighted by atomic mass is 9.98. The van der Waals surface area contributed by atoms with E-state index in [0.29, 0.717) is 5.69 Å². The van der Waals surface area contributed by atoms with Crippen LogP contribution in [-0.2, 0) is 6.54 Å². The van der Waals surface area contributed by atoms with Crippen LogP contribution in [0.1, 0.15) is 48.1 Å². The lowest BCUT2D eigenvalue weighted by Gasteiger charge is -2.35. The molecule has 31 heavy (non-hydrogen) atoms. The normalized spacial score (nSPS) is 16.6. The molecule has 3 aromatic rings. The van der Waals surface area contributed by atoms with Crippen molar-refractivity contribution >= 4 is 23.3 Å². The fourth-order valence-electron chi connectivity index (χ4n) is 3.79. The smallest absolute Gasteiger partial charge is 0.187 e. The number of nitriles is 1. The first-order valence-electron chi connectivity index (χ1n) is 10.2. The molecular formula is C22H24N8S. The summed E-state index contributed by atoms with van der Waals surface area (Å²) in [7, 11) is 0. The van der Waals surface area contributed by atoms with Gasteiger partial charge in [0.25, 0.3) is 0 Å². The van der Waals surface area contributed by atoms with E-state index in [2.05, 4.69) is 30.2 Å². The molecule has 3 aromatic heterocycles. The molecule has 8 nitrogen and oxygen atoms in total. The van der Waals surface area contributed by atoms with E-state index in [4.69, 9.17) is 10.2 Å². The second kappa shape index (κ2) is 9.81. The van der Waals surface area contributed by atoms with E-state index in [9.17, 15) is 0 Å². The lowest BCUT2D eigenvalue weighted by molar-refractivity contribution is 0.136. The first-order valence-corrected chi connectivity index (χ1v) is 11.4. The van der Waals surface area contributed by atoms with Gasteiger partial charge < -0.3 is 5.32 Å². The molecule has 0 saturated carbocycles. The van der Waals surface area contributed by atoms with Crippen LogP contribution < -0.4 is 5.32 Å². The molecule has 4 heterocycles. The summed E-state index contributed by atoms with van der Waals surface area (Å²) in [6, 6.07) is 7.78. The summed E-state index contributed by atoms with van der Waals surface area (Å²) in [4.78, 5) is 24.7. The van der Waals surface area contributed by atoms with Crippen molar-refractivity contribution in [1.82, 2.24) is 29.8 Å². The minimum Gasteiger partial charge on any atom is -0.339 e. The highest BCUT2D eigenvalue weighted by Gasteiger charge is 2.26. The predicted octanol–water partition coefficient (Wildman–Crippen LogP) is 4.03. The summed E-state index contributed by atoms with van der Waals surface area (Å²) < 4.78 is 0. The number of hydrogen-bond donors (Lipinski definition) is 1. The Kier molecular flexibility index (Phi) is 6.70. The number of nitrogens with one attached hydrogen (secondary N) is 1. The van der Waals surface area contributed by atoms with Crippen molar-refractivity contribution in [2.45, 2.75) is 43.9 Å². The summed E-state index contributed by atoms with van der Waals surface area (Å²) in [5.41, 5.74) is 3.29. The minimum absolute atomic E-state index is 0.218. The number of pyridine rings is 1. The highest BCUT2D eigenvalue weighted by Crippen LogP contribution is 2.32. The maximum atomic E-state index is 8.92. The Bertz CT molecular complexity index is 1060. The Morgan fingerprint density at radius 1 is 1.16 bits per heavy atom. The molecule has 1 N–H and O–H groups in total. The second-order valence-corrected chi connectivity index (χ2v) is 8.23. The van der Waals surface area contributed by atoms with Gasteiger partial charge in [-0.25, -0.2) is 24.9 Å². The molecule has 0 bridgehead atoms. The largest absolute Gasteiger partial charge is 0.339 e. The standard InChI is InChI=1S/C22H24N8S/c1-15-27-19(9-21(28-15)29-18-7-6-17(10-23)24-13-18)20-5-3-4-8-30(20)14-16-11-25-22(31-2)26-12-16/h6-7,9,11-13,20H,3-5,8,14H2,1-2H3,(H,27,28,29)/t20-/m1/s1. The van der Waals surface area contributed by atoms with Crippen molar-refractivity contribution in [3.8, 4) is 6.07 Å². The van der Waals surface area contributed by atoms with Gasteiger partial charge in [0.15, 0.2) is 5.16 Å². The Morgan fingerprint density at radius 2 is 2.00 bits per heavy atom. The highest BCUT2D eigenvalue weighted by molar-refractivity contribution is 7.98. The SMILES string of the molecule is CSc1ncc(CN2CCCC[C@@H]2c2cc(Nc3ccc(C#N)nc3)nc(C)n2)cn1. The number of rotatable bonds is 6. The Labute approximate surface area is 186 Å². The molecule has 0 aliphatic carbocycles. The van der Waals surface area contributed by atoms with Crippen molar-refractivity contribution < 1.29 is 0 Å². The van der Waals surface area contributed by atoms with Gasteiger partial charge in [-0.15, -0.1) is 0 Å². The molecule has 0 spiro atoms. The molecule has 1 atom stereocenters. The minimum atomic E-state index is 0.218. The number of anilines is 2. The quantitative estimate of drug-likeness (QED) is 0.456. The number of piperidine rings is 1. The maximum absolute atomic E-state index is 8.92. The third kappa shape index (κ3) is 5.34. The fourth-order valence-corrected chi connectivity index (χ4v) is 4.10. The highest BCUT2D eigenvalue weighted by atomic mass is 32.2. The van der Waals surface area contributed by atoms with Gasteiger partial charge in [0.1, 0.15) is 23.4 Å². The number of likely N-dealkylation sites (tertiary alicyclic amines) is 1. The average Bonchev–Trinajstić information content (AvgIpc) is 2.80. The van der Waals surface area contributed by atoms with E-state index in [-0.39, 0.29) is 6.04 Å². The van der Waals surface area contributed by atoms with Crippen LogP contribution in [0, 0.1) is 18.3 Å². The van der Waals surface area contributed by atoms with Gasteiger partial charge in [0.05, 0.1) is 23.6 Å². The van der Waals surface area contributed by atoms with Crippen molar-refractivity contribution in [2.75, 3.05) is 18.1 Å². The van der Waals surface area contributed by atoms with Crippen molar-refractivity contribution in [3.63, 3.8) is 0 Å². The number of nitrogens with zero attached hydrogens (tertiary/aromatic N) is 7. The van der Waals surface area contributed by atoms with Gasteiger partial charge >= 0.3 is 0 Å². The summed E-state index contributed by atoms with van der Waals surface area (Å²) >= 11 is 1.55. The molecule has 0 aromatic carbocycles. The summed E-state index contributed by atoms with van der Waals surface area (Å²) in [5.74, 6) is 1.45. The van der Waals surface area contributed by atoms with E-state index in [0.717, 1.165) is 53.3 Å². The van der Waals surface area contributed by atoms with Gasteiger partial charge in [-0.2, -0.15) is 5.26 Å². The van der Waals surface area contributed by atoms with Crippen LogP contribution in [0.4, 0.5) is 11.5 Å². The lowest BCUT2D eigenvalue weighted by Crippen LogP contribution is -2.33. The second-order valence-electron chi connectivity index (χ2n) is 7.45. The van der Waals surface area contributed by atoms with Crippen LogP contribution in [0.25, 0.3) is 0 Å². The van der Waals surface area contributed by atoms with E-state index in [1.807, 2.05) is 43.8 Å². The molecule has 0 unspecified atom stereocenters. The Hall–Kier alpha value is -3.09. The van der Waals surface area contributed by atoms with Crippen LogP contribution in [-0.4, -0.2) is 42.6 Å². The zero-order valence-corrected chi connectivity index (χ0v) is 18.4. The number of hydrogen-bond acceptors (Lipinski definition) is 9. The van der Waals surface area contributed by atoms with E-state index >= 15 is 0 Å². The third-order valence-corrected chi connectivity index (χ3v) is 5.79. The number of aromatic nitrogens is 5. The van der Waals surface area contributed by atoms with Crippen molar-refractivity contribution in [1.29, 1.82) is 5.26 Å². The van der Waals surface area contributed by atoms with Crippen LogP contribution >= 0.6 is 11.8 Å². The molecule has 4 rings (SSSR count). The van der Waals surface area contributed by atoms with Crippen molar-refractivity contribution in [2.24, 2.45) is 0 Å². The van der Waals surface area contributed by atoms with Crippen molar-refractivity contribution in [3.05, 3.63) is 59.6 Å². The summed E-state index contributed by atoms with van der Waals surface area (Å²) in [6.45, 7) is 3.72. The maximum Gasteiger partial charge on any atom is 0.187 e. The molecule has 1 saturated heterocycles. The summed E-state index contributed by atoms with van der Waals surface area (Å²) in [5, 5.41) is 13.0. The van der Waals surface area contributed by atoms with Gasteiger partial charge in [0, 0.05) is 30.6 Å². The molecule has 0 amide bonds. The van der Waals surface area contributed by atoms with Gasteiger partial charge in [-0.05, 0) is 44.7 Å². The molecule has 1 aliphatic heterocycles.